The Morgan fingerprint density at radius 1 is 0.877 bits per heavy atom. The second-order valence-corrected chi connectivity index (χ2v) is 23.2. The van der Waals surface area contributed by atoms with Crippen molar-refractivity contribution >= 4 is 35.8 Å². The summed E-state index contributed by atoms with van der Waals surface area (Å²) < 4.78 is 41.0. The van der Waals surface area contributed by atoms with E-state index in [1.165, 1.54) is 16.7 Å². The number of aromatic nitrogens is 3. The molecule has 3 heterocycles. The Morgan fingerprint density at radius 2 is 1.47 bits per heavy atom. The minimum Gasteiger partial charge on any atom is -0.470 e. The van der Waals surface area contributed by atoms with Crippen molar-refractivity contribution < 1.29 is 32.9 Å². The van der Waals surface area contributed by atoms with Crippen LogP contribution < -0.4 is 15.1 Å². The maximum atomic E-state index is 14.5. The minimum atomic E-state index is -2.98. The van der Waals surface area contributed by atoms with Gasteiger partial charge in [-0.3, -0.25) is 0 Å². The monoisotopic (exact) mass is 802 g/mol. The number of carbonyl (C=O) groups is 1. The van der Waals surface area contributed by atoms with E-state index in [-0.39, 0.29) is 31.5 Å². The van der Waals surface area contributed by atoms with Crippen LogP contribution >= 0.6 is 0 Å². The molecule has 0 saturated carbocycles. The molecule has 0 bridgehead atoms. The van der Waals surface area contributed by atoms with Gasteiger partial charge in [0.2, 0.25) is 5.88 Å². The number of nitrogens with zero attached hydrogens (tertiary/aromatic N) is 4. The van der Waals surface area contributed by atoms with Gasteiger partial charge in [-0.05, 0) is 77.2 Å². The number of benzene rings is 2. The molecule has 2 aromatic heterocycles. The molecule has 1 amide bonds. The fourth-order valence-electron chi connectivity index (χ4n) is 7.26. The summed E-state index contributed by atoms with van der Waals surface area (Å²) in [7, 11) is -2.98. The van der Waals surface area contributed by atoms with Gasteiger partial charge in [-0.2, -0.15) is 4.98 Å². The van der Waals surface area contributed by atoms with Gasteiger partial charge in [0.05, 0.1) is 25.2 Å². The molecule has 312 valence electrons. The van der Waals surface area contributed by atoms with Crippen molar-refractivity contribution in [3.8, 4) is 5.88 Å². The largest absolute Gasteiger partial charge is 0.470 e. The molecular formula is C45H66N4O7Si. The van der Waals surface area contributed by atoms with Gasteiger partial charge in [0.25, 0.3) is 8.32 Å². The highest BCUT2D eigenvalue weighted by atomic mass is 28.4. The smallest absolute Gasteiger partial charge is 0.410 e. The van der Waals surface area contributed by atoms with Crippen LogP contribution in [0.4, 0.5) is 4.79 Å². The third-order valence-electron chi connectivity index (χ3n) is 9.97. The van der Waals surface area contributed by atoms with Gasteiger partial charge in [0.1, 0.15) is 35.3 Å². The van der Waals surface area contributed by atoms with E-state index in [0.717, 1.165) is 18.4 Å². The quantitative estimate of drug-likeness (QED) is 0.0865. The molecule has 4 aromatic rings. The highest BCUT2D eigenvalue weighted by molar-refractivity contribution is 6.99. The Hall–Kier alpha value is -3.81. The average Bonchev–Trinajstić information content (AvgIpc) is 3.48. The number of amides is 1. The van der Waals surface area contributed by atoms with Crippen molar-refractivity contribution in [2.75, 3.05) is 33.0 Å². The van der Waals surface area contributed by atoms with Crippen LogP contribution in [0.2, 0.25) is 5.04 Å². The zero-order valence-electron chi connectivity index (χ0n) is 36.4. The Balaban J connectivity index is 1.60. The highest BCUT2D eigenvalue weighted by Crippen LogP contribution is 2.40. The lowest BCUT2D eigenvalue weighted by molar-refractivity contribution is -0.290. The predicted octanol–water partition coefficient (Wildman–Crippen LogP) is 8.47. The lowest BCUT2D eigenvalue weighted by Crippen LogP contribution is -2.68. The van der Waals surface area contributed by atoms with Crippen molar-refractivity contribution in [1.29, 1.82) is 0 Å². The lowest BCUT2D eigenvalue weighted by atomic mass is 9.89. The molecule has 1 fully saturated rings. The van der Waals surface area contributed by atoms with Crippen molar-refractivity contribution in [2.45, 2.75) is 131 Å². The van der Waals surface area contributed by atoms with Crippen molar-refractivity contribution in [3.05, 3.63) is 78.8 Å². The second-order valence-electron chi connectivity index (χ2n) is 18.9. The number of carbonyl (C=O) groups excluding carboxylic acids is 1. The van der Waals surface area contributed by atoms with Gasteiger partial charge in [0, 0.05) is 31.5 Å². The van der Waals surface area contributed by atoms with Gasteiger partial charge in [-0.25, -0.2) is 9.78 Å². The first-order valence-electron chi connectivity index (χ1n) is 20.3. The first-order chi connectivity index (χ1) is 26.7. The molecule has 11 nitrogen and oxygen atoms in total. The van der Waals surface area contributed by atoms with Crippen molar-refractivity contribution in [1.82, 2.24) is 19.4 Å². The van der Waals surface area contributed by atoms with E-state index in [4.69, 9.17) is 33.1 Å². The standard InChI is InChI=1S/C45H66N4O7Si/c1-13-14-25-51-33-49-27-34(37-38(49)39(47-32-46-37)55-41(2,3)4)26-48(40(50)56-42(5,6)7)28-45(29-52-44(11,12)53-30-45)31-54-57(43(8,9)10,35-21-17-15-18-22-35)36-23-19-16-20-24-36/h15-24,27,32H,13-14,25-26,28-31,33H2,1-12H3. The van der Waals surface area contributed by atoms with E-state index in [2.05, 4.69) is 81.2 Å². The molecule has 1 saturated heterocycles. The van der Waals surface area contributed by atoms with Crippen LogP contribution in [0, 0.1) is 5.41 Å². The molecule has 0 unspecified atom stereocenters. The van der Waals surface area contributed by atoms with Gasteiger partial charge >= 0.3 is 6.09 Å². The summed E-state index contributed by atoms with van der Waals surface area (Å²) in [6.45, 7) is 26.5. The molecule has 12 heteroatoms. The molecule has 1 aliphatic heterocycles. The maximum absolute atomic E-state index is 14.5. The first kappa shape index (κ1) is 44.3. The summed E-state index contributed by atoms with van der Waals surface area (Å²) in [4.78, 5) is 25.5. The van der Waals surface area contributed by atoms with Crippen LogP contribution in [0.15, 0.2) is 73.2 Å². The number of ether oxygens (including phenoxy) is 5. The van der Waals surface area contributed by atoms with Gasteiger partial charge in [-0.1, -0.05) is 94.8 Å². The molecule has 0 aliphatic carbocycles. The van der Waals surface area contributed by atoms with E-state index in [0.29, 0.717) is 36.7 Å². The summed E-state index contributed by atoms with van der Waals surface area (Å²) >= 11 is 0. The summed E-state index contributed by atoms with van der Waals surface area (Å²) in [6, 6.07) is 21.1. The van der Waals surface area contributed by atoms with E-state index < -0.39 is 36.8 Å². The zero-order valence-corrected chi connectivity index (χ0v) is 37.4. The van der Waals surface area contributed by atoms with E-state index in [1.807, 2.05) is 78.3 Å². The normalized spacial score (nSPS) is 16.1. The third kappa shape index (κ3) is 11.0. The predicted molar refractivity (Wildman–Crippen MR) is 227 cm³/mol. The van der Waals surface area contributed by atoms with Crippen LogP contribution in [0.3, 0.4) is 0 Å². The fraction of sp³-hybridized carbons (Fsp3) is 0.578. The highest BCUT2D eigenvalue weighted by Gasteiger charge is 2.53. The van der Waals surface area contributed by atoms with E-state index in [1.54, 1.807) is 4.90 Å². The van der Waals surface area contributed by atoms with Crippen molar-refractivity contribution in [3.63, 3.8) is 0 Å². The van der Waals surface area contributed by atoms with Crippen molar-refractivity contribution in [2.24, 2.45) is 5.41 Å². The maximum Gasteiger partial charge on any atom is 0.410 e. The number of hydrogen-bond donors (Lipinski definition) is 0. The Morgan fingerprint density at radius 3 is 2.00 bits per heavy atom. The summed E-state index contributed by atoms with van der Waals surface area (Å²) in [5.41, 5.74) is 0.167. The number of fused-ring (bicyclic) bond motifs is 1. The molecule has 5 rings (SSSR count). The first-order valence-corrected chi connectivity index (χ1v) is 22.2. The molecule has 0 radical (unpaired) electrons. The molecule has 0 N–H and O–H groups in total. The Labute approximate surface area is 341 Å². The van der Waals surface area contributed by atoms with Crippen LogP contribution in [0.1, 0.15) is 101 Å². The summed E-state index contributed by atoms with van der Waals surface area (Å²) in [6.07, 6.45) is 5.00. The molecule has 57 heavy (non-hydrogen) atoms. The van der Waals surface area contributed by atoms with Crippen LogP contribution in [0.5, 0.6) is 5.88 Å². The molecule has 0 atom stereocenters. The SMILES string of the molecule is CCCCOCn1cc(CN(CC2(CO[Si](c3ccccc3)(c3ccccc3)C(C)(C)C)COC(C)(C)OC2)C(=O)OC(C)(C)C)c2ncnc(OC(C)(C)C)c21. The lowest BCUT2D eigenvalue weighted by Gasteiger charge is -2.49. The topological polar surface area (TPSA) is 106 Å². The third-order valence-corrected chi connectivity index (χ3v) is 15.0. The Bertz CT molecular complexity index is 1860. The molecular weight excluding hydrogens is 737 g/mol. The summed E-state index contributed by atoms with van der Waals surface area (Å²) in [5.74, 6) is -0.350. The zero-order chi connectivity index (χ0) is 41.7. The van der Waals surface area contributed by atoms with E-state index >= 15 is 0 Å². The molecule has 0 spiro atoms. The van der Waals surface area contributed by atoms with Gasteiger partial charge in [-0.15, -0.1) is 0 Å². The minimum absolute atomic E-state index is 0.184. The van der Waals surface area contributed by atoms with E-state index in [9.17, 15) is 4.79 Å². The molecule has 1 aliphatic rings. The summed E-state index contributed by atoms with van der Waals surface area (Å²) in [5, 5.41) is 2.08. The fourth-order valence-corrected chi connectivity index (χ4v) is 11.9. The average molecular weight is 803 g/mol. The number of rotatable bonds is 15. The van der Waals surface area contributed by atoms with Crippen LogP contribution in [-0.2, 0) is 36.6 Å². The molecule has 2 aromatic carbocycles. The van der Waals surface area contributed by atoms with Gasteiger partial charge < -0.3 is 37.6 Å². The van der Waals surface area contributed by atoms with Gasteiger partial charge in [0.15, 0.2) is 5.79 Å². The van der Waals surface area contributed by atoms with Crippen LogP contribution in [0.25, 0.3) is 11.0 Å². The van der Waals surface area contributed by atoms with Crippen LogP contribution in [-0.4, -0.2) is 83.8 Å². The Kier molecular flexibility index (Phi) is 13.7. The second kappa shape index (κ2) is 17.6. The number of hydrogen-bond acceptors (Lipinski definition) is 9. The number of unbranched alkanes of at least 4 members (excludes halogenated alkanes) is 1.